The fourth-order valence-electron chi connectivity index (χ4n) is 6.42. The van der Waals surface area contributed by atoms with Crippen LogP contribution in [0.4, 0.5) is 8.78 Å². The number of rotatable bonds is 9. The largest absolute Gasteiger partial charge is 0.346 e. The van der Waals surface area contributed by atoms with Gasteiger partial charge in [-0.05, 0) is 99.7 Å². The van der Waals surface area contributed by atoms with Gasteiger partial charge in [-0.25, -0.2) is 8.78 Å². The monoisotopic (exact) mass is 410 g/mol. The lowest BCUT2D eigenvalue weighted by Gasteiger charge is -2.38. The van der Waals surface area contributed by atoms with E-state index in [2.05, 4.69) is 19.6 Å². The summed E-state index contributed by atoms with van der Waals surface area (Å²) in [5.41, 5.74) is 0. The Labute approximate surface area is 178 Å². The topological polar surface area (TPSA) is 9.23 Å². The Hall–Kier alpha value is -0.440. The molecule has 2 unspecified atom stereocenters. The van der Waals surface area contributed by atoms with E-state index in [0.29, 0.717) is 18.4 Å². The Morgan fingerprint density at radius 2 is 1.38 bits per heavy atom. The van der Waals surface area contributed by atoms with Crippen molar-refractivity contribution in [3.05, 3.63) is 12.7 Å². The molecule has 3 aliphatic carbocycles. The van der Waals surface area contributed by atoms with E-state index in [-0.39, 0.29) is 5.92 Å². The van der Waals surface area contributed by atoms with Gasteiger partial charge in [-0.2, -0.15) is 0 Å². The summed E-state index contributed by atoms with van der Waals surface area (Å²) >= 11 is 0. The van der Waals surface area contributed by atoms with Gasteiger partial charge in [-0.3, -0.25) is 0 Å². The molecule has 0 spiro atoms. The number of ether oxygens (including phenoxy) is 1. The zero-order chi connectivity index (χ0) is 20.6. The smallest absolute Gasteiger partial charge is 0.230 e. The van der Waals surface area contributed by atoms with Crippen LogP contribution < -0.4 is 0 Å². The highest BCUT2D eigenvalue weighted by Gasteiger charge is 2.37. The first-order valence-electron chi connectivity index (χ1n) is 12.6. The van der Waals surface area contributed by atoms with Crippen LogP contribution in [0.15, 0.2) is 12.7 Å². The van der Waals surface area contributed by atoms with E-state index in [1.54, 1.807) is 0 Å². The normalized spacial score (nSPS) is 38.3. The molecule has 0 saturated heterocycles. The highest BCUT2D eigenvalue weighted by Crippen LogP contribution is 2.43. The molecule has 1 nitrogen and oxygen atoms in total. The van der Waals surface area contributed by atoms with Crippen molar-refractivity contribution in [1.29, 1.82) is 0 Å². The molecule has 2 atom stereocenters. The molecule has 0 aliphatic heterocycles. The first kappa shape index (κ1) is 23.2. The third-order valence-corrected chi connectivity index (χ3v) is 8.49. The molecule has 3 aliphatic rings. The number of allylic oxidation sites excluding steroid dienone is 1. The Balaban J connectivity index is 1.32. The molecule has 0 aromatic carbocycles. The highest BCUT2D eigenvalue weighted by atomic mass is 19.2. The van der Waals surface area contributed by atoms with E-state index in [4.69, 9.17) is 4.74 Å². The number of hydrogen-bond acceptors (Lipinski definition) is 1. The number of hydrogen-bond donors (Lipinski definition) is 0. The lowest BCUT2D eigenvalue weighted by atomic mass is 9.68. The summed E-state index contributed by atoms with van der Waals surface area (Å²) in [7, 11) is 0. The van der Waals surface area contributed by atoms with Crippen LogP contribution in [0.2, 0.25) is 0 Å². The van der Waals surface area contributed by atoms with Gasteiger partial charge in [-0.1, -0.05) is 38.7 Å². The lowest BCUT2D eigenvalue weighted by Crippen LogP contribution is -2.34. The van der Waals surface area contributed by atoms with Gasteiger partial charge in [0.05, 0.1) is 6.61 Å². The fourth-order valence-corrected chi connectivity index (χ4v) is 6.42. The maximum atomic E-state index is 14.8. The molecule has 168 valence electrons. The van der Waals surface area contributed by atoms with Crippen molar-refractivity contribution in [3.63, 3.8) is 0 Å². The van der Waals surface area contributed by atoms with Crippen molar-refractivity contribution in [2.45, 2.75) is 109 Å². The van der Waals surface area contributed by atoms with E-state index in [9.17, 15) is 8.78 Å². The maximum absolute atomic E-state index is 14.8. The van der Waals surface area contributed by atoms with Crippen molar-refractivity contribution in [2.24, 2.45) is 35.5 Å². The van der Waals surface area contributed by atoms with Gasteiger partial charge in [0, 0.05) is 0 Å². The van der Waals surface area contributed by atoms with Gasteiger partial charge < -0.3 is 4.74 Å². The van der Waals surface area contributed by atoms with Gasteiger partial charge in [0.2, 0.25) is 6.36 Å². The molecule has 0 heterocycles. The second-order valence-corrected chi connectivity index (χ2v) is 10.4. The molecule has 3 rings (SSSR count). The van der Waals surface area contributed by atoms with Crippen LogP contribution in [0.5, 0.6) is 0 Å². The van der Waals surface area contributed by atoms with Crippen LogP contribution in [0.3, 0.4) is 0 Å². The predicted octanol–water partition coefficient (Wildman–Crippen LogP) is 8.04. The van der Waals surface area contributed by atoms with E-state index in [0.717, 1.165) is 56.3 Å². The van der Waals surface area contributed by atoms with E-state index < -0.39 is 12.5 Å². The van der Waals surface area contributed by atoms with E-state index >= 15 is 0 Å². The van der Waals surface area contributed by atoms with Gasteiger partial charge in [0.1, 0.15) is 0 Å². The minimum absolute atomic E-state index is 0.147. The summed E-state index contributed by atoms with van der Waals surface area (Å²) in [6.07, 6.45) is 15.1. The third kappa shape index (κ3) is 6.77. The standard InChI is InChI=1S/C26H44F2O/c1-3-5-20-6-8-21(9-7-20)18-29-26(28)25(27)24-16-14-23(15-17-24)22-12-10-19(4-2)11-13-22/h4,19-26H,2-3,5-18H2,1H3. The van der Waals surface area contributed by atoms with Crippen molar-refractivity contribution < 1.29 is 13.5 Å². The highest BCUT2D eigenvalue weighted by molar-refractivity contribution is 4.88. The quantitative estimate of drug-likeness (QED) is 0.349. The Morgan fingerprint density at radius 3 is 1.93 bits per heavy atom. The molecular weight excluding hydrogens is 366 g/mol. The molecular formula is C26H44F2O. The average molecular weight is 411 g/mol. The summed E-state index contributed by atoms with van der Waals surface area (Å²) in [4.78, 5) is 0. The molecule has 3 fully saturated rings. The second kappa shape index (κ2) is 11.8. The summed E-state index contributed by atoms with van der Waals surface area (Å²) < 4.78 is 34.6. The summed E-state index contributed by atoms with van der Waals surface area (Å²) in [5.74, 6) is 3.34. The summed E-state index contributed by atoms with van der Waals surface area (Å²) in [6, 6.07) is 0. The number of alkyl halides is 2. The SMILES string of the molecule is C=CC1CCC(C2CCC(C(F)C(F)OCC3CCC(CCC)CC3)CC2)CC1. The first-order valence-corrected chi connectivity index (χ1v) is 12.6. The Kier molecular flexibility index (Phi) is 9.47. The van der Waals surface area contributed by atoms with E-state index in [1.165, 1.54) is 51.4 Å². The van der Waals surface area contributed by atoms with Gasteiger partial charge >= 0.3 is 0 Å². The lowest BCUT2D eigenvalue weighted by molar-refractivity contribution is -0.119. The summed E-state index contributed by atoms with van der Waals surface area (Å²) in [5, 5.41) is 0. The molecule has 29 heavy (non-hydrogen) atoms. The summed E-state index contributed by atoms with van der Waals surface area (Å²) in [6.45, 7) is 6.58. The number of halogens is 2. The molecule has 0 amide bonds. The zero-order valence-corrected chi connectivity index (χ0v) is 18.7. The predicted molar refractivity (Wildman–Crippen MR) is 117 cm³/mol. The molecule has 0 aromatic rings. The fraction of sp³-hybridized carbons (Fsp3) is 0.923. The molecule has 3 heteroatoms. The molecule has 3 saturated carbocycles. The van der Waals surface area contributed by atoms with E-state index in [1.807, 2.05) is 0 Å². The van der Waals surface area contributed by atoms with Crippen LogP contribution >= 0.6 is 0 Å². The first-order chi connectivity index (χ1) is 14.1. The minimum atomic E-state index is -1.73. The van der Waals surface area contributed by atoms with Gasteiger partial charge in [0.25, 0.3) is 0 Å². The van der Waals surface area contributed by atoms with Crippen molar-refractivity contribution >= 4 is 0 Å². The van der Waals surface area contributed by atoms with Crippen molar-refractivity contribution in [3.8, 4) is 0 Å². The molecule has 0 radical (unpaired) electrons. The minimum Gasteiger partial charge on any atom is -0.346 e. The maximum Gasteiger partial charge on any atom is 0.230 e. The van der Waals surface area contributed by atoms with Crippen molar-refractivity contribution in [2.75, 3.05) is 6.61 Å². The second-order valence-electron chi connectivity index (χ2n) is 10.4. The average Bonchev–Trinajstić information content (AvgIpc) is 2.78. The molecule has 0 N–H and O–H groups in total. The third-order valence-electron chi connectivity index (χ3n) is 8.49. The Morgan fingerprint density at radius 1 is 0.828 bits per heavy atom. The van der Waals surface area contributed by atoms with Gasteiger partial charge in [-0.15, -0.1) is 6.58 Å². The van der Waals surface area contributed by atoms with Crippen molar-refractivity contribution in [1.82, 2.24) is 0 Å². The van der Waals surface area contributed by atoms with Crippen LogP contribution in [-0.4, -0.2) is 19.1 Å². The zero-order valence-electron chi connectivity index (χ0n) is 18.7. The molecule has 0 aromatic heterocycles. The Bertz CT molecular complexity index is 457. The molecule has 0 bridgehead atoms. The van der Waals surface area contributed by atoms with Crippen LogP contribution in [0.25, 0.3) is 0 Å². The van der Waals surface area contributed by atoms with Crippen LogP contribution in [0, 0.1) is 35.5 Å². The van der Waals surface area contributed by atoms with Crippen LogP contribution in [-0.2, 0) is 4.74 Å². The van der Waals surface area contributed by atoms with Crippen LogP contribution in [0.1, 0.15) is 96.8 Å². The van der Waals surface area contributed by atoms with Gasteiger partial charge in [0.15, 0.2) is 6.17 Å².